The lowest BCUT2D eigenvalue weighted by atomic mass is 9.64. The smallest absolute Gasteiger partial charge is 0.230 e. The van der Waals surface area contributed by atoms with Crippen molar-refractivity contribution in [3.05, 3.63) is 0 Å². The first kappa shape index (κ1) is 22.5. The topological polar surface area (TPSA) is 66.0 Å². The Hall–Kier alpha value is -0.570. The molecule has 0 bridgehead atoms. The van der Waals surface area contributed by atoms with Crippen molar-refractivity contribution in [1.82, 2.24) is 15.5 Å². The SMILES string of the molecule is CN=C(NCC1(C(=O)N(C)C)CCCC1)NC1CC(OC)C1(C)C.I. The highest BCUT2D eigenvalue weighted by atomic mass is 127. The zero-order valence-corrected chi connectivity index (χ0v) is 18.8. The molecule has 2 saturated carbocycles. The summed E-state index contributed by atoms with van der Waals surface area (Å²) in [5, 5.41) is 6.91. The third-order valence-electron chi connectivity index (χ3n) is 6.01. The van der Waals surface area contributed by atoms with Gasteiger partial charge < -0.3 is 20.3 Å². The quantitative estimate of drug-likeness (QED) is 0.371. The lowest BCUT2D eigenvalue weighted by Gasteiger charge is -2.51. The zero-order chi connectivity index (χ0) is 18.0. The molecule has 2 fully saturated rings. The van der Waals surface area contributed by atoms with Crippen LogP contribution in [0.4, 0.5) is 0 Å². The molecule has 2 aliphatic carbocycles. The molecule has 146 valence electrons. The molecule has 1 amide bonds. The maximum Gasteiger partial charge on any atom is 0.230 e. The number of guanidine groups is 1. The Morgan fingerprint density at radius 2 is 1.88 bits per heavy atom. The van der Waals surface area contributed by atoms with Crippen LogP contribution in [-0.4, -0.2) is 63.7 Å². The summed E-state index contributed by atoms with van der Waals surface area (Å²) in [6.07, 6.45) is 5.41. The molecule has 0 aromatic carbocycles. The van der Waals surface area contributed by atoms with Gasteiger partial charge >= 0.3 is 0 Å². The van der Waals surface area contributed by atoms with Gasteiger partial charge in [-0.15, -0.1) is 24.0 Å². The average Bonchev–Trinajstić information content (AvgIpc) is 3.02. The van der Waals surface area contributed by atoms with Crippen molar-refractivity contribution in [1.29, 1.82) is 0 Å². The number of amides is 1. The first-order chi connectivity index (χ1) is 11.3. The van der Waals surface area contributed by atoms with E-state index < -0.39 is 0 Å². The Morgan fingerprint density at radius 3 is 2.32 bits per heavy atom. The minimum absolute atomic E-state index is 0. The largest absolute Gasteiger partial charge is 0.381 e. The normalized spacial score (nSPS) is 27.0. The number of ether oxygens (including phenoxy) is 1. The van der Waals surface area contributed by atoms with Crippen LogP contribution in [0.5, 0.6) is 0 Å². The summed E-state index contributed by atoms with van der Waals surface area (Å²) in [5.74, 6) is 1.01. The highest BCUT2D eigenvalue weighted by Crippen LogP contribution is 2.42. The van der Waals surface area contributed by atoms with Gasteiger partial charge in [0.2, 0.25) is 5.91 Å². The number of halogens is 1. The van der Waals surface area contributed by atoms with Gasteiger partial charge in [0.1, 0.15) is 0 Å². The van der Waals surface area contributed by atoms with Crippen LogP contribution in [0.3, 0.4) is 0 Å². The Morgan fingerprint density at radius 1 is 1.28 bits per heavy atom. The van der Waals surface area contributed by atoms with E-state index in [-0.39, 0.29) is 46.8 Å². The Labute approximate surface area is 169 Å². The van der Waals surface area contributed by atoms with E-state index in [0.29, 0.717) is 12.6 Å². The van der Waals surface area contributed by atoms with E-state index in [4.69, 9.17) is 4.74 Å². The number of nitrogens with zero attached hydrogens (tertiary/aromatic N) is 2. The summed E-state index contributed by atoms with van der Waals surface area (Å²) in [4.78, 5) is 18.7. The Bertz CT molecular complexity index is 487. The number of hydrogen-bond acceptors (Lipinski definition) is 3. The van der Waals surface area contributed by atoms with Gasteiger partial charge in [0.15, 0.2) is 5.96 Å². The van der Waals surface area contributed by atoms with Gasteiger partial charge in [0.25, 0.3) is 0 Å². The second-order valence-corrected chi connectivity index (χ2v) is 8.09. The summed E-state index contributed by atoms with van der Waals surface area (Å²) >= 11 is 0. The monoisotopic (exact) mass is 466 g/mol. The van der Waals surface area contributed by atoms with Gasteiger partial charge in [-0.2, -0.15) is 0 Å². The molecule has 2 unspecified atom stereocenters. The van der Waals surface area contributed by atoms with Crippen LogP contribution in [0.25, 0.3) is 0 Å². The minimum atomic E-state index is -0.286. The molecule has 0 aromatic heterocycles. The molecular formula is C18H35IN4O2. The molecule has 25 heavy (non-hydrogen) atoms. The number of nitrogens with one attached hydrogen (secondary N) is 2. The zero-order valence-electron chi connectivity index (χ0n) is 16.5. The molecule has 2 N–H and O–H groups in total. The fourth-order valence-electron chi connectivity index (χ4n) is 4.14. The van der Waals surface area contributed by atoms with Crippen LogP contribution in [0, 0.1) is 10.8 Å². The Kier molecular flexibility index (Phi) is 7.98. The molecule has 6 nitrogen and oxygen atoms in total. The Balaban J connectivity index is 0.00000312. The molecular weight excluding hydrogens is 431 g/mol. The van der Waals surface area contributed by atoms with Crippen molar-refractivity contribution in [2.45, 2.75) is 58.1 Å². The van der Waals surface area contributed by atoms with Gasteiger partial charge in [0.05, 0.1) is 11.5 Å². The van der Waals surface area contributed by atoms with Gasteiger partial charge in [-0.1, -0.05) is 26.7 Å². The molecule has 7 heteroatoms. The summed E-state index contributed by atoms with van der Waals surface area (Å²) < 4.78 is 5.51. The molecule has 0 radical (unpaired) electrons. The summed E-state index contributed by atoms with van der Waals surface area (Å²) in [7, 11) is 7.24. The molecule has 0 aliphatic heterocycles. The highest BCUT2D eigenvalue weighted by Gasteiger charge is 2.49. The van der Waals surface area contributed by atoms with E-state index in [2.05, 4.69) is 29.5 Å². The van der Waals surface area contributed by atoms with Crippen LogP contribution in [0.15, 0.2) is 4.99 Å². The number of carbonyl (C=O) groups is 1. The standard InChI is InChI=1S/C18H34N4O2.HI/c1-17(2)13(11-14(17)24-6)21-16(19-3)20-12-18(9-7-8-10-18)15(23)22(4)5;/h13-14H,7-12H2,1-6H3,(H2,19,20,21);1H. The fourth-order valence-corrected chi connectivity index (χ4v) is 4.14. The molecule has 0 aromatic rings. The van der Waals surface area contributed by atoms with Crippen LogP contribution < -0.4 is 10.6 Å². The molecule has 2 atom stereocenters. The predicted molar refractivity (Wildman–Crippen MR) is 112 cm³/mol. The number of carbonyl (C=O) groups excluding carboxylic acids is 1. The first-order valence-electron chi connectivity index (χ1n) is 8.98. The molecule has 2 aliphatic rings. The van der Waals surface area contributed by atoms with Crippen LogP contribution in [0.2, 0.25) is 0 Å². The summed E-state index contributed by atoms with van der Waals surface area (Å²) in [6, 6.07) is 0.331. The average molecular weight is 466 g/mol. The first-order valence-corrected chi connectivity index (χ1v) is 8.98. The number of methoxy groups -OCH3 is 1. The maximum atomic E-state index is 12.7. The fraction of sp³-hybridized carbons (Fsp3) is 0.889. The minimum Gasteiger partial charge on any atom is -0.381 e. The third-order valence-corrected chi connectivity index (χ3v) is 6.01. The van der Waals surface area contributed by atoms with E-state index in [9.17, 15) is 4.79 Å². The van der Waals surface area contributed by atoms with Crippen molar-refractivity contribution < 1.29 is 9.53 Å². The van der Waals surface area contributed by atoms with Crippen molar-refractivity contribution >= 4 is 35.8 Å². The lowest BCUT2D eigenvalue weighted by Crippen LogP contribution is -2.63. The predicted octanol–water partition coefficient (Wildman–Crippen LogP) is 2.23. The van der Waals surface area contributed by atoms with Crippen LogP contribution in [-0.2, 0) is 9.53 Å². The third kappa shape index (κ3) is 4.59. The van der Waals surface area contributed by atoms with Crippen LogP contribution >= 0.6 is 24.0 Å². The number of aliphatic imine (C=N–C) groups is 1. The van der Waals surface area contributed by atoms with E-state index in [1.807, 2.05) is 14.1 Å². The summed E-state index contributed by atoms with van der Waals surface area (Å²) in [6.45, 7) is 5.07. The summed E-state index contributed by atoms with van der Waals surface area (Å²) in [5.41, 5.74) is -0.206. The molecule has 0 heterocycles. The van der Waals surface area contributed by atoms with Crippen LogP contribution in [0.1, 0.15) is 46.0 Å². The van der Waals surface area contributed by atoms with Crippen molar-refractivity contribution in [3.63, 3.8) is 0 Å². The second-order valence-electron chi connectivity index (χ2n) is 8.09. The highest BCUT2D eigenvalue weighted by molar-refractivity contribution is 14.0. The molecule has 0 spiro atoms. The lowest BCUT2D eigenvalue weighted by molar-refractivity contribution is -0.138. The molecule has 0 saturated heterocycles. The van der Waals surface area contributed by atoms with E-state index in [1.54, 1.807) is 19.1 Å². The molecule has 2 rings (SSSR count). The number of rotatable bonds is 5. The second kappa shape index (κ2) is 8.88. The van der Waals surface area contributed by atoms with Gasteiger partial charge in [-0.05, 0) is 19.3 Å². The van der Waals surface area contributed by atoms with Crippen molar-refractivity contribution in [2.75, 3.05) is 34.8 Å². The van der Waals surface area contributed by atoms with E-state index in [0.717, 1.165) is 38.1 Å². The van der Waals surface area contributed by atoms with E-state index >= 15 is 0 Å². The van der Waals surface area contributed by atoms with Gasteiger partial charge in [-0.3, -0.25) is 9.79 Å². The maximum absolute atomic E-state index is 12.7. The van der Waals surface area contributed by atoms with Crippen molar-refractivity contribution in [2.24, 2.45) is 15.8 Å². The van der Waals surface area contributed by atoms with Crippen molar-refractivity contribution in [3.8, 4) is 0 Å². The van der Waals surface area contributed by atoms with Gasteiger partial charge in [0, 0.05) is 46.3 Å². The number of hydrogen-bond donors (Lipinski definition) is 2. The van der Waals surface area contributed by atoms with Gasteiger partial charge in [-0.25, -0.2) is 0 Å². The van der Waals surface area contributed by atoms with E-state index in [1.165, 1.54) is 0 Å².